The van der Waals surface area contributed by atoms with Gasteiger partial charge in [-0.2, -0.15) is 0 Å². The van der Waals surface area contributed by atoms with Crippen molar-refractivity contribution in [3.05, 3.63) is 30.1 Å². The van der Waals surface area contributed by atoms with Crippen LogP contribution in [0.2, 0.25) is 0 Å². The summed E-state index contributed by atoms with van der Waals surface area (Å²) in [4.78, 5) is 29.3. The molecule has 19 heavy (non-hydrogen) atoms. The molecule has 6 heteroatoms. The SMILES string of the molecule is NC1CCCN(C(=O)CNC(=O)c2ccccn2)C1. The van der Waals surface area contributed by atoms with Gasteiger partial charge >= 0.3 is 0 Å². The number of nitrogens with two attached hydrogens (primary N) is 1. The van der Waals surface area contributed by atoms with E-state index in [9.17, 15) is 9.59 Å². The molecule has 1 saturated heterocycles. The van der Waals surface area contributed by atoms with Crippen molar-refractivity contribution in [2.24, 2.45) is 5.73 Å². The van der Waals surface area contributed by atoms with Crippen LogP contribution in [0.4, 0.5) is 0 Å². The van der Waals surface area contributed by atoms with Crippen molar-refractivity contribution in [2.75, 3.05) is 19.6 Å². The Bertz CT molecular complexity index is 449. The van der Waals surface area contributed by atoms with Crippen molar-refractivity contribution in [3.8, 4) is 0 Å². The van der Waals surface area contributed by atoms with Crippen LogP contribution >= 0.6 is 0 Å². The first kappa shape index (κ1) is 13.5. The molecule has 102 valence electrons. The zero-order valence-electron chi connectivity index (χ0n) is 10.7. The van der Waals surface area contributed by atoms with Crippen LogP contribution in [0.3, 0.4) is 0 Å². The van der Waals surface area contributed by atoms with Crippen LogP contribution in [-0.4, -0.2) is 47.4 Å². The molecule has 1 aromatic rings. The summed E-state index contributed by atoms with van der Waals surface area (Å²) in [6.45, 7) is 1.27. The molecule has 1 aliphatic heterocycles. The van der Waals surface area contributed by atoms with Gasteiger partial charge in [-0.3, -0.25) is 14.6 Å². The van der Waals surface area contributed by atoms with E-state index < -0.39 is 0 Å². The maximum absolute atomic E-state index is 11.9. The fourth-order valence-electron chi connectivity index (χ4n) is 2.09. The van der Waals surface area contributed by atoms with Gasteiger partial charge in [-0.1, -0.05) is 6.07 Å². The summed E-state index contributed by atoms with van der Waals surface area (Å²) in [5.74, 6) is -0.435. The molecular weight excluding hydrogens is 244 g/mol. The molecule has 0 saturated carbocycles. The molecule has 3 N–H and O–H groups in total. The van der Waals surface area contributed by atoms with Gasteiger partial charge in [0.05, 0.1) is 6.54 Å². The minimum atomic E-state index is -0.338. The number of pyridine rings is 1. The molecule has 1 atom stereocenters. The number of carbonyl (C=O) groups is 2. The topological polar surface area (TPSA) is 88.3 Å². The fourth-order valence-corrected chi connectivity index (χ4v) is 2.09. The van der Waals surface area contributed by atoms with Gasteiger partial charge < -0.3 is 16.0 Å². The molecule has 1 aliphatic rings. The largest absolute Gasteiger partial charge is 0.342 e. The van der Waals surface area contributed by atoms with E-state index >= 15 is 0 Å². The van der Waals surface area contributed by atoms with Crippen LogP contribution in [0.5, 0.6) is 0 Å². The average molecular weight is 262 g/mol. The molecule has 0 bridgehead atoms. The van der Waals surface area contributed by atoms with Gasteiger partial charge in [0.2, 0.25) is 5.91 Å². The number of nitrogens with zero attached hydrogens (tertiary/aromatic N) is 2. The minimum Gasteiger partial charge on any atom is -0.342 e. The zero-order valence-corrected chi connectivity index (χ0v) is 10.7. The van der Waals surface area contributed by atoms with E-state index in [0.29, 0.717) is 18.8 Å². The van der Waals surface area contributed by atoms with Gasteiger partial charge in [-0.25, -0.2) is 0 Å². The molecule has 1 aromatic heterocycles. The molecule has 0 spiro atoms. The van der Waals surface area contributed by atoms with Gasteiger partial charge in [0.15, 0.2) is 0 Å². The Morgan fingerprint density at radius 3 is 3.00 bits per heavy atom. The number of hydrogen-bond donors (Lipinski definition) is 2. The number of amides is 2. The number of nitrogens with one attached hydrogen (secondary N) is 1. The third-order valence-corrected chi connectivity index (χ3v) is 3.11. The predicted octanol–water partition coefficient (Wildman–Crippen LogP) is -0.239. The summed E-state index contributed by atoms with van der Waals surface area (Å²) in [6.07, 6.45) is 3.41. The lowest BCUT2D eigenvalue weighted by molar-refractivity contribution is -0.131. The number of rotatable bonds is 3. The summed E-state index contributed by atoms with van der Waals surface area (Å²) in [5.41, 5.74) is 6.13. The quantitative estimate of drug-likeness (QED) is 0.787. The van der Waals surface area contributed by atoms with Gasteiger partial charge in [0.25, 0.3) is 5.91 Å². The van der Waals surface area contributed by atoms with Gasteiger partial charge in [-0.15, -0.1) is 0 Å². The van der Waals surface area contributed by atoms with Crippen molar-refractivity contribution in [3.63, 3.8) is 0 Å². The summed E-state index contributed by atoms with van der Waals surface area (Å²) in [6, 6.07) is 5.12. The Morgan fingerprint density at radius 2 is 2.32 bits per heavy atom. The van der Waals surface area contributed by atoms with Crippen molar-refractivity contribution in [1.82, 2.24) is 15.2 Å². The summed E-state index contributed by atoms with van der Waals surface area (Å²) in [5, 5.41) is 2.58. The molecule has 2 amide bonds. The molecule has 6 nitrogen and oxygen atoms in total. The molecule has 1 unspecified atom stereocenters. The molecule has 0 aromatic carbocycles. The highest BCUT2D eigenvalue weighted by atomic mass is 16.2. The highest BCUT2D eigenvalue weighted by Gasteiger charge is 2.21. The predicted molar refractivity (Wildman–Crippen MR) is 70.4 cm³/mol. The van der Waals surface area contributed by atoms with Gasteiger partial charge in [0, 0.05) is 25.3 Å². The van der Waals surface area contributed by atoms with E-state index in [-0.39, 0.29) is 24.4 Å². The first-order valence-electron chi connectivity index (χ1n) is 6.39. The number of likely N-dealkylation sites (tertiary alicyclic amines) is 1. The van der Waals surface area contributed by atoms with Crippen LogP contribution in [0, 0.1) is 0 Å². The second kappa shape index (κ2) is 6.29. The minimum absolute atomic E-state index is 0.0118. The fraction of sp³-hybridized carbons (Fsp3) is 0.462. The van der Waals surface area contributed by atoms with E-state index in [1.54, 1.807) is 29.3 Å². The molecule has 0 aliphatic carbocycles. The maximum atomic E-state index is 11.9. The Morgan fingerprint density at radius 1 is 1.47 bits per heavy atom. The highest BCUT2D eigenvalue weighted by molar-refractivity contribution is 5.94. The smallest absolute Gasteiger partial charge is 0.270 e. The molecule has 0 radical (unpaired) electrons. The van der Waals surface area contributed by atoms with E-state index in [0.717, 1.165) is 12.8 Å². The Hall–Kier alpha value is -1.95. The van der Waals surface area contributed by atoms with Crippen LogP contribution in [-0.2, 0) is 4.79 Å². The van der Waals surface area contributed by atoms with Crippen LogP contribution in [0.1, 0.15) is 23.3 Å². The van der Waals surface area contributed by atoms with Crippen molar-refractivity contribution in [1.29, 1.82) is 0 Å². The van der Waals surface area contributed by atoms with E-state index in [4.69, 9.17) is 5.73 Å². The van der Waals surface area contributed by atoms with E-state index in [1.807, 2.05) is 0 Å². The molecule has 1 fully saturated rings. The van der Waals surface area contributed by atoms with Crippen molar-refractivity contribution < 1.29 is 9.59 Å². The molecule has 2 rings (SSSR count). The lowest BCUT2D eigenvalue weighted by Gasteiger charge is -2.30. The first-order valence-corrected chi connectivity index (χ1v) is 6.39. The third-order valence-electron chi connectivity index (χ3n) is 3.11. The third kappa shape index (κ3) is 3.75. The Balaban J connectivity index is 1.82. The lowest BCUT2D eigenvalue weighted by atomic mass is 10.1. The number of carbonyl (C=O) groups excluding carboxylic acids is 2. The second-order valence-electron chi connectivity index (χ2n) is 4.64. The van der Waals surface area contributed by atoms with Crippen LogP contribution < -0.4 is 11.1 Å². The monoisotopic (exact) mass is 262 g/mol. The number of hydrogen-bond acceptors (Lipinski definition) is 4. The standard InChI is InChI=1S/C13H18N4O2/c14-10-4-3-7-17(9-10)12(18)8-16-13(19)11-5-1-2-6-15-11/h1-2,5-6,10H,3-4,7-9,14H2,(H,16,19). The number of aromatic nitrogens is 1. The Labute approximate surface area is 112 Å². The van der Waals surface area contributed by atoms with E-state index in [1.165, 1.54) is 0 Å². The summed E-state index contributed by atoms with van der Waals surface area (Å²) in [7, 11) is 0. The second-order valence-corrected chi connectivity index (χ2v) is 4.64. The van der Waals surface area contributed by atoms with Crippen molar-refractivity contribution in [2.45, 2.75) is 18.9 Å². The lowest BCUT2D eigenvalue weighted by Crippen LogP contribution is -2.49. The zero-order chi connectivity index (χ0) is 13.7. The Kier molecular flexibility index (Phi) is 4.46. The molecule has 2 heterocycles. The van der Waals surface area contributed by atoms with E-state index in [2.05, 4.69) is 10.3 Å². The maximum Gasteiger partial charge on any atom is 0.270 e. The number of piperidine rings is 1. The van der Waals surface area contributed by atoms with Crippen molar-refractivity contribution >= 4 is 11.8 Å². The highest BCUT2D eigenvalue weighted by Crippen LogP contribution is 2.07. The molecular formula is C13H18N4O2. The first-order chi connectivity index (χ1) is 9.16. The summed E-state index contributed by atoms with van der Waals surface area (Å²) < 4.78 is 0. The summed E-state index contributed by atoms with van der Waals surface area (Å²) >= 11 is 0. The average Bonchev–Trinajstić information content (AvgIpc) is 2.45. The van der Waals surface area contributed by atoms with Crippen LogP contribution in [0.15, 0.2) is 24.4 Å². The van der Waals surface area contributed by atoms with Gasteiger partial charge in [-0.05, 0) is 25.0 Å². The van der Waals surface area contributed by atoms with Gasteiger partial charge in [0.1, 0.15) is 5.69 Å². The normalized spacial score (nSPS) is 19.0. The van der Waals surface area contributed by atoms with Crippen LogP contribution in [0.25, 0.3) is 0 Å².